The number of carbonyl (C=O) groups is 1. The molecule has 0 fully saturated rings. The Morgan fingerprint density at radius 2 is 1.74 bits per heavy atom. The highest BCUT2D eigenvalue weighted by molar-refractivity contribution is 7.89. The van der Waals surface area contributed by atoms with Crippen LogP contribution in [0.1, 0.15) is 18.4 Å². The fraction of sp³-hybridized carbons (Fsp3) is 0.370. The van der Waals surface area contributed by atoms with Crippen LogP contribution >= 0.6 is 0 Å². The third-order valence-corrected chi connectivity index (χ3v) is 8.97. The molecule has 0 radical (unpaired) electrons. The van der Waals surface area contributed by atoms with Crippen molar-refractivity contribution in [1.82, 2.24) is 4.31 Å². The molecule has 0 bridgehead atoms. The summed E-state index contributed by atoms with van der Waals surface area (Å²) in [6.07, 6.45) is 4.67. The van der Waals surface area contributed by atoms with Crippen LogP contribution in [0.3, 0.4) is 0 Å². The molecule has 11 heteroatoms. The van der Waals surface area contributed by atoms with Crippen LogP contribution in [0.15, 0.2) is 84.3 Å². The minimum atomic E-state index is -4.38. The van der Waals surface area contributed by atoms with Crippen molar-refractivity contribution < 1.29 is 27.6 Å². The van der Waals surface area contributed by atoms with Crippen molar-refractivity contribution in [3.63, 3.8) is 0 Å². The van der Waals surface area contributed by atoms with Crippen LogP contribution in [-0.2, 0) is 30.9 Å². The van der Waals surface area contributed by atoms with Crippen LogP contribution in [0.4, 0.5) is 5.69 Å². The van der Waals surface area contributed by atoms with Crippen LogP contribution in [0, 0.1) is 10.1 Å². The molecule has 206 valence electrons. The molecule has 1 unspecified atom stereocenters. The lowest BCUT2D eigenvalue weighted by Crippen LogP contribution is -2.51. The highest BCUT2D eigenvalue weighted by Gasteiger charge is 2.41. The number of rotatable bonds is 15. The summed E-state index contributed by atoms with van der Waals surface area (Å²) in [7, 11) is -4.49. The largest absolute Gasteiger partial charge is 0.468 e. The van der Waals surface area contributed by atoms with E-state index in [2.05, 4.69) is 32.3 Å². The summed E-state index contributed by atoms with van der Waals surface area (Å²) in [6.45, 7) is 10.6. The van der Waals surface area contributed by atoms with Gasteiger partial charge in [-0.1, -0.05) is 68.7 Å². The van der Waals surface area contributed by atoms with Gasteiger partial charge in [0.2, 0.25) is 10.0 Å². The van der Waals surface area contributed by atoms with E-state index in [1.54, 1.807) is 0 Å². The molecule has 0 aromatic heterocycles. The highest BCUT2D eigenvalue weighted by Crippen LogP contribution is 2.27. The molecule has 0 saturated carbocycles. The van der Waals surface area contributed by atoms with Crippen molar-refractivity contribution in [2.75, 3.05) is 7.11 Å². The third-order valence-electron chi connectivity index (χ3n) is 5.62. The lowest BCUT2D eigenvalue weighted by atomic mass is 10.1. The van der Waals surface area contributed by atoms with E-state index < -0.39 is 41.3 Å². The molecule has 2 rings (SSSR count). The second-order valence-corrected chi connectivity index (χ2v) is 17.2. The van der Waals surface area contributed by atoms with Gasteiger partial charge in [0.15, 0.2) is 0 Å². The first-order valence-electron chi connectivity index (χ1n) is 12.2. The Bertz CT molecular complexity index is 1210. The molecule has 0 heterocycles. The van der Waals surface area contributed by atoms with E-state index in [1.807, 2.05) is 36.4 Å². The molecule has 0 aliphatic heterocycles. The van der Waals surface area contributed by atoms with Crippen molar-refractivity contribution >= 4 is 29.8 Å². The second-order valence-electron chi connectivity index (χ2n) is 9.86. The molecule has 2 aromatic rings. The first-order chi connectivity index (χ1) is 17.9. The minimum absolute atomic E-state index is 0.0633. The maximum absolute atomic E-state index is 13.9. The summed E-state index contributed by atoms with van der Waals surface area (Å²) in [5.41, 5.74) is 0.545. The summed E-state index contributed by atoms with van der Waals surface area (Å²) in [5.74, 6) is -0.746. The summed E-state index contributed by atoms with van der Waals surface area (Å²) in [5, 5.41) is 11.1. The maximum atomic E-state index is 13.9. The Morgan fingerprint density at radius 3 is 2.26 bits per heavy atom. The summed E-state index contributed by atoms with van der Waals surface area (Å²) < 4.78 is 39.7. The van der Waals surface area contributed by atoms with Gasteiger partial charge in [0, 0.05) is 20.2 Å². The predicted octanol–water partition coefficient (Wildman–Crippen LogP) is 5.53. The Kier molecular flexibility index (Phi) is 11.6. The number of carbonyl (C=O) groups excluding carboxylic acids is 1. The van der Waals surface area contributed by atoms with E-state index in [-0.39, 0.29) is 23.6 Å². The van der Waals surface area contributed by atoms with Gasteiger partial charge in [0.05, 0.1) is 23.5 Å². The zero-order valence-corrected chi connectivity index (χ0v) is 24.1. The van der Waals surface area contributed by atoms with Gasteiger partial charge in [0.25, 0.3) is 5.69 Å². The molecule has 0 amide bonds. The Labute approximate surface area is 226 Å². The standard InChI is InChI=1S/C27H36N2O7SSi/c1-6-26(36-21-22-13-9-7-10-14-22)28(37(33,34)24-18-16-23(17-19-24)29(31)32)25(27(30)35-2)15-11-8-12-20-38(3,4)5/h6-10,12-14,16-19,25-26H,1,11,15,20-21H2,2-5H3/b12-8+/t25-,26?/m0/s1. The zero-order chi connectivity index (χ0) is 28.3. The normalized spacial score (nSPS) is 13.8. The Balaban J connectivity index is 2.48. The molecule has 2 atom stereocenters. The van der Waals surface area contributed by atoms with Gasteiger partial charge >= 0.3 is 5.97 Å². The molecular weight excluding hydrogens is 524 g/mol. The van der Waals surface area contributed by atoms with Crippen molar-refractivity contribution in [2.24, 2.45) is 0 Å². The molecule has 2 aromatic carbocycles. The number of ether oxygens (including phenoxy) is 2. The molecule has 0 N–H and O–H groups in total. The average Bonchev–Trinajstić information content (AvgIpc) is 2.88. The number of nitro benzene ring substituents is 1. The summed E-state index contributed by atoms with van der Waals surface area (Å²) >= 11 is 0. The van der Waals surface area contributed by atoms with E-state index in [4.69, 9.17) is 9.47 Å². The van der Waals surface area contributed by atoms with E-state index in [9.17, 15) is 23.3 Å². The highest BCUT2D eigenvalue weighted by atomic mass is 32.2. The van der Waals surface area contributed by atoms with E-state index in [0.717, 1.165) is 40.2 Å². The smallest absolute Gasteiger partial charge is 0.324 e. The Morgan fingerprint density at radius 1 is 1.11 bits per heavy atom. The number of esters is 1. The van der Waals surface area contributed by atoms with Crippen molar-refractivity contribution in [2.45, 2.75) is 62.3 Å². The van der Waals surface area contributed by atoms with E-state index in [0.29, 0.717) is 6.42 Å². The lowest BCUT2D eigenvalue weighted by molar-refractivity contribution is -0.384. The van der Waals surface area contributed by atoms with Crippen LogP contribution in [0.25, 0.3) is 0 Å². The third kappa shape index (κ3) is 9.01. The first kappa shape index (κ1) is 31.1. The fourth-order valence-electron chi connectivity index (χ4n) is 3.64. The monoisotopic (exact) mass is 560 g/mol. The maximum Gasteiger partial charge on any atom is 0.324 e. The number of non-ortho nitro benzene ring substituents is 1. The number of benzene rings is 2. The van der Waals surface area contributed by atoms with E-state index in [1.165, 1.54) is 13.2 Å². The van der Waals surface area contributed by atoms with Crippen LogP contribution in [-0.4, -0.2) is 51.1 Å². The van der Waals surface area contributed by atoms with Crippen LogP contribution < -0.4 is 0 Å². The van der Waals surface area contributed by atoms with Crippen molar-refractivity contribution in [3.8, 4) is 0 Å². The van der Waals surface area contributed by atoms with Crippen LogP contribution in [0.2, 0.25) is 25.7 Å². The van der Waals surface area contributed by atoms with Gasteiger partial charge in [-0.2, -0.15) is 4.31 Å². The molecule has 0 aliphatic carbocycles. The molecule has 0 spiro atoms. The van der Waals surface area contributed by atoms with Crippen molar-refractivity contribution in [1.29, 1.82) is 0 Å². The number of nitro groups is 1. The number of hydrogen-bond donors (Lipinski definition) is 0. The minimum Gasteiger partial charge on any atom is -0.468 e. The number of hydrogen-bond acceptors (Lipinski definition) is 7. The zero-order valence-electron chi connectivity index (χ0n) is 22.3. The summed E-state index contributed by atoms with van der Waals surface area (Å²) in [6, 6.07) is 13.4. The Hall–Kier alpha value is -3.12. The first-order valence-corrected chi connectivity index (χ1v) is 17.3. The van der Waals surface area contributed by atoms with Crippen LogP contribution in [0.5, 0.6) is 0 Å². The topological polar surface area (TPSA) is 116 Å². The number of allylic oxidation sites excluding steroid dienone is 2. The quantitative estimate of drug-likeness (QED) is 0.0702. The number of nitrogens with zero attached hydrogens (tertiary/aromatic N) is 2. The predicted molar refractivity (Wildman–Crippen MR) is 150 cm³/mol. The molecular formula is C27H36N2O7SSi. The average molecular weight is 561 g/mol. The number of methoxy groups -OCH3 is 1. The molecule has 38 heavy (non-hydrogen) atoms. The van der Waals surface area contributed by atoms with Gasteiger partial charge < -0.3 is 9.47 Å². The van der Waals surface area contributed by atoms with Gasteiger partial charge in [-0.25, -0.2) is 8.42 Å². The van der Waals surface area contributed by atoms with Crippen molar-refractivity contribution in [3.05, 3.63) is 95.1 Å². The molecule has 9 nitrogen and oxygen atoms in total. The van der Waals surface area contributed by atoms with Gasteiger partial charge in [-0.05, 0) is 42.7 Å². The second kappa shape index (κ2) is 14.1. The van der Waals surface area contributed by atoms with Gasteiger partial charge in [0.1, 0.15) is 12.3 Å². The number of sulfonamides is 1. The van der Waals surface area contributed by atoms with Gasteiger partial charge in [-0.3, -0.25) is 14.9 Å². The van der Waals surface area contributed by atoms with Gasteiger partial charge in [-0.15, -0.1) is 0 Å². The lowest BCUT2D eigenvalue weighted by Gasteiger charge is -2.34. The van der Waals surface area contributed by atoms with E-state index >= 15 is 0 Å². The molecule has 0 saturated heterocycles. The molecule has 0 aliphatic rings. The fourth-order valence-corrected chi connectivity index (χ4v) is 6.18. The summed E-state index contributed by atoms with van der Waals surface area (Å²) in [4.78, 5) is 23.2. The SMILES string of the molecule is C=CC(OCc1ccccc1)N([C@@H](CC/C=C/C[Si](C)(C)C)C(=O)OC)S(=O)(=O)c1ccc([N+](=O)[O-])cc1.